The summed E-state index contributed by atoms with van der Waals surface area (Å²) in [4.78, 5) is 86.4. The predicted molar refractivity (Wildman–Crippen MR) is 274 cm³/mol. The molecule has 6 aromatic rings. The summed E-state index contributed by atoms with van der Waals surface area (Å²) in [6.07, 6.45) is 3.34. The molecule has 0 radical (unpaired) electrons. The molecule has 4 heterocycles. The molecule has 26 heteroatoms. The minimum atomic E-state index is -4.67. The second kappa shape index (κ2) is 22.7. The van der Waals surface area contributed by atoms with Crippen LogP contribution in [0.3, 0.4) is 0 Å². The van der Waals surface area contributed by atoms with E-state index in [1.165, 1.54) is 68.9 Å². The first kappa shape index (κ1) is 55.7. The van der Waals surface area contributed by atoms with Crippen LogP contribution >= 0.6 is 22.9 Å². The van der Waals surface area contributed by atoms with Gasteiger partial charge in [-0.25, -0.2) is 10.0 Å². The number of fused-ring (bicyclic) bond motifs is 1. The van der Waals surface area contributed by atoms with Gasteiger partial charge in [-0.1, -0.05) is 72.3 Å². The molecular formula is C50H41ClF3N9O12S. The molecule has 1 aliphatic carbocycles. The number of nitrogens with zero attached hydrogens (tertiary/aromatic N) is 6. The van der Waals surface area contributed by atoms with Crippen LogP contribution in [-0.2, 0) is 34.9 Å². The fourth-order valence-corrected chi connectivity index (χ4v) is 7.80. The van der Waals surface area contributed by atoms with Gasteiger partial charge in [-0.05, 0) is 109 Å². The van der Waals surface area contributed by atoms with Crippen molar-refractivity contribution in [2.75, 3.05) is 30.0 Å². The molecule has 2 fully saturated rings. The van der Waals surface area contributed by atoms with E-state index in [9.17, 15) is 62.3 Å². The maximum Gasteiger partial charge on any atom is 0.445 e. The number of amides is 4. The van der Waals surface area contributed by atoms with Crippen molar-refractivity contribution in [3.05, 3.63) is 178 Å². The lowest BCUT2D eigenvalue weighted by molar-refractivity contribution is -0.385. The number of nitro groups is 1. The summed E-state index contributed by atoms with van der Waals surface area (Å²) >= 11 is 6.30. The number of benzene rings is 4. The zero-order valence-electron chi connectivity index (χ0n) is 39.1. The third-order valence-electron chi connectivity index (χ3n) is 10.7. The number of aryl methyl sites for hydroxylation is 2. The number of hydrazine groups is 2. The van der Waals surface area contributed by atoms with Crippen LogP contribution in [0.15, 0.2) is 124 Å². The van der Waals surface area contributed by atoms with E-state index in [0.717, 1.165) is 37.8 Å². The molecule has 2 saturated heterocycles. The molecule has 21 nitrogen and oxygen atoms in total. The van der Waals surface area contributed by atoms with Crippen LogP contribution in [0.1, 0.15) is 40.3 Å². The number of aromatic hydroxyl groups is 2. The molecule has 0 spiro atoms. The number of allylic oxidation sites excluding steroid dienone is 4. The molecule has 0 unspecified atom stereocenters. The van der Waals surface area contributed by atoms with Crippen LogP contribution in [0.5, 0.6) is 17.2 Å². The van der Waals surface area contributed by atoms with Crippen molar-refractivity contribution in [3.8, 4) is 17.2 Å². The third kappa shape index (κ3) is 12.1. The Morgan fingerprint density at radius 3 is 1.93 bits per heavy atom. The molecule has 0 bridgehead atoms. The molecule has 392 valence electrons. The summed E-state index contributed by atoms with van der Waals surface area (Å²) in [5.74, 6) is -3.04. The largest absolute Gasteiger partial charge is 0.504 e. The molecule has 4 aromatic carbocycles. The predicted octanol–water partition coefficient (Wildman–Crippen LogP) is 7.33. The number of alkyl halides is 3. The summed E-state index contributed by atoms with van der Waals surface area (Å²) in [5.41, 5.74) is 13.2. The SMILES string of the molecule is C.COC1=CC(=Cc2c(N)n3nc(C(F)(F)F)sc3nc2=O)C=CC1=O.COc1cc(/C=C2/C(=O)NN(c3ccc(C)c(Cl)c3)C2=O)ccc1O.Cc1ccc(N2NC(=O)/C(=C/c3ccc(O)c([N+](=O)[O-])c3)C2=O)cc1. The number of methoxy groups -OCH3 is 2. The Balaban J connectivity index is 0.000000184. The van der Waals surface area contributed by atoms with Crippen LogP contribution in [0.4, 0.5) is 36.1 Å². The molecular weight excluding hydrogens is 1040 g/mol. The number of carbonyl (C=O) groups is 5. The zero-order valence-corrected chi connectivity index (χ0v) is 40.7. The Kier molecular flexibility index (Phi) is 16.6. The number of hydrogen-bond acceptors (Lipinski definition) is 16. The van der Waals surface area contributed by atoms with E-state index >= 15 is 0 Å². The zero-order chi connectivity index (χ0) is 54.6. The molecule has 4 amide bonds. The van der Waals surface area contributed by atoms with Gasteiger partial charge < -0.3 is 25.4 Å². The van der Waals surface area contributed by atoms with Gasteiger partial charge in [0.05, 0.1) is 36.1 Å². The first-order valence-electron chi connectivity index (χ1n) is 21.4. The lowest BCUT2D eigenvalue weighted by Gasteiger charge is -2.15. The quantitative estimate of drug-likeness (QED) is 0.0431. The van der Waals surface area contributed by atoms with E-state index < -0.39 is 56.7 Å². The van der Waals surface area contributed by atoms with E-state index in [4.69, 9.17) is 26.8 Å². The second-order valence-electron chi connectivity index (χ2n) is 15.9. The number of nitrogens with two attached hydrogens (primary N) is 1. The van der Waals surface area contributed by atoms with Gasteiger partial charge in [0.15, 0.2) is 23.0 Å². The van der Waals surface area contributed by atoms with E-state index in [-0.39, 0.29) is 74.9 Å². The average molecular weight is 1080 g/mol. The Labute approximate surface area is 436 Å². The van der Waals surface area contributed by atoms with Gasteiger partial charge in [-0.15, -0.1) is 5.10 Å². The van der Waals surface area contributed by atoms with Crippen LogP contribution in [0.2, 0.25) is 5.02 Å². The first-order valence-corrected chi connectivity index (χ1v) is 22.5. The number of anilines is 3. The van der Waals surface area contributed by atoms with Gasteiger partial charge in [0.2, 0.25) is 15.8 Å². The molecule has 3 aliphatic rings. The smallest absolute Gasteiger partial charge is 0.445 e. The van der Waals surface area contributed by atoms with E-state index in [1.54, 1.807) is 48.5 Å². The van der Waals surface area contributed by atoms with Crippen LogP contribution in [0.25, 0.3) is 23.2 Å². The standard InChI is InChI=1S/C18H15ClN2O4.C17H13N3O5.C14H9F3N4O3S.CH4/c1-10-3-5-12(9-14(10)19)21-18(24)13(17(23)20-21)7-11-4-6-15(22)16(8-11)25-2;1-10-2-5-12(6-3-10)19-17(23)13(16(22)18-19)8-11-4-7-15(21)14(9-11)20(24)25;1-24-9-5-6(2-3-8(9)22)4-7-10(18)21-13(19-11(7)23)25-12(20-21)14(15,16)17;/h3-9,22H,1-2H3,(H,20,23);2-9,21H,1H3,(H,18,22);2-5H,18H2,1H3;1H4/b13-7-;13-8-;;. The van der Waals surface area contributed by atoms with Crippen molar-refractivity contribution in [2.45, 2.75) is 27.5 Å². The number of phenolic OH excluding ortho intramolecular Hbond substituents is 2. The van der Waals surface area contributed by atoms with Gasteiger partial charge in [0, 0.05) is 11.1 Å². The highest BCUT2D eigenvalue weighted by molar-refractivity contribution is 7.16. The number of nitro benzene ring substituents is 1. The first-order chi connectivity index (χ1) is 35.5. The third-order valence-corrected chi connectivity index (χ3v) is 12.1. The van der Waals surface area contributed by atoms with Gasteiger partial charge in [0.25, 0.3) is 29.2 Å². The number of hydrogen-bond donors (Lipinski definition) is 5. The van der Waals surface area contributed by atoms with Crippen molar-refractivity contribution in [1.29, 1.82) is 0 Å². The molecule has 9 rings (SSSR count). The number of carbonyl (C=O) groups excluding carboxylic acids is 5. The summed E-state index contributed by atoms with van der Waals surface area (Å²) in [5, 5.41) is 34.9. The minimum absolute atomic E-state index is 0. The summed E-state index contributed by atoms with van der Waals surface area (Å²) in [7, 11) is 2.73. The maximum absolute atomic E-state index is 12.8. The van der Waals surface area contributed by atoms with E-state index in [0.29, 0.717) is 27.5 Å². The monoisotopic (exact) mass is 1080 g/mol. The highest BCUT2D eigenvalue weighted by Gasteiger charge is 2.37. The van der Waals surface area contributed by atoms with Crippen molar-refractivity contribution in [1.82, 2.24) is 25.4 Å². The number of rotatable bonds is 8. The van der Waals surface area contributed by atoms with Crippen molar-refractivity contribution < 1.29 is 61.8 Å². The number of ether oxygens (including phenoxy) is 2. The highest BCUT2D eigenvalue weighted by atomic mass is 35.5. The molecule has 0 saturated carbocycles. The highest BCUT2D eigenvalue weighted by Crippen LogP contribution is 2.34. The summed E-state index contributed by atoms with van der Waals surface area (Å²) in [6.45, 7) is 3.75. The minimum Gasteiger partial charge on any atom is -0.504 e. The van der Waals surface area contributed by atoms with Crippen LogP contribution < -0.4 is 36.9 Å². The van der Waals surface area contributed by atoms with Crippen molar-refractivity contribution in [2.24, 2.45) is 0 Å². The van der Waals surface area contributed by atoms with Gasteiger partial charge in [-0.2, -0.15) is 22.7 Å². The topological polar surface area (TPSA) is 291 Å². The Bertz CT molecular complexity index is 3610. The van der Waals surface area contributed by atoms with E-state index in [1.807, 2.05) is 13.8 Å². The average Bonchev–Trinajstić information content (AvgIpc) is 4.02. The molecule has 0 atom stereocenters. The normalized spacial score (nSPS) is 15.7. The fourth-order valence-electron chi connectivity index (χ4n) is 6.86. The number of ketones is 1. The van der Waals surface area contributed by atoms with E-state index in [2.05, 4.69) is 20.9 Å². The van der Waals surface area contributed by atoms with Crippen molar-refractivity contribution >= 4 is 98.4 Å². The van der Waals surface area contributed by atoms with Gasteiger partial charge in [0.1, 0.15) is 17.0 Å². The molecule has 76 heavy (non-hydrogen) atoms. The van der Waals surface area contributed by atoms with Crippen molar-refractivity contribution in [3.63, 3.8) is 0 Å². The number of nitrogens with one attached hydrogen (secondary N) is 2. The van der Waals surface area contributed by atoms with Crippen LogP contribution in [-0.4, -0.2) is 73.4 Å². The Morgan fingerprint density at radius 2 is 1.37 bits per heavy atom. The molecule has 2 aliphatic heterocycles. The number of halogens is 4. The molecule has 6 N–H and O–H groups in total. The number of phenols is 2. The Morgan fingerprint density at radius 1 is 0.789 bits per heavy atom. The van der Waals surface area contributed by atoms with Crippen LogP contribution in [0, 0.1) is 24.0 Å². The number of nitrogen functional groups attached to an aromatic ring is 1. The number of aromatic nitrogens is 3. The van der Waals surface area contributed by atoms with Gasteiger partial charge >= 0.3 is 11.9 Å². The fraction of sp³-hybridized carbons (Fsp3) is 0.120. The lowest BCUT2D eigenvalue weighted by Crippen LogP contribution is -2.35. The van der Waals surface area contributed by atoms with Gasteiger partial charge in [-0.3, -0.25) is 49.7 Å². The maximum atomic E-state index is 12.8. The second-order valence-corrected chi connectivity index (χ2v) is 17.2. The molecule has 2 aromatic heterocycles. The summed E-state index contributed by atoms with van der Waals surface area (Å²) < 4.78 is 49.0. The Hall–Kier alpha value is -9.62. The lowest BCUT2D eigenvalue weighted by atomic mass is 10.0. The summed E-state index contributed by atoms with van der Waals surface area (Å²) in [6, 6.07) is 20.2.